The van der Waals surface area contributed by atoms with E-state index in [-0.39, 0.29) is 17.3 Å². The Labute approximate surface area is 116 Å². The molecule has 0 fully saturated rings. The van der Waals surface area contributed by atoms with Crippen LogP contribution in [0.25, 0.3) is 0 Å². The van der Waals surface area contributed by atoms with Crippen LogP contribution in [0.3, 0.4) is 0 Å². The van der Waals surface area contributed by atoms with Gasteiger partial charge in [0.05, 0.1) is 5.56 Å². The molecule has 0 radical (unpaired) electrons. The molecular formula is C11H11F3N4OS. The van der Waals surface area contributed by atoms with E-state index < -0.39 is 17.4 Å². The van der Waals surface area contributed by atoms with Crippen molar-refractivity contribution in [1.82, 2.24) is 14.8 Å². The Kier molecular flexibility index (Phi) is 3.91. The third kappa shape index (κ3) is 2.88. The second-order valence-electron chi connectivity index (χ2n) is 3.99. The number of hydrogen-bond acceptors (Lipinski definition) is 4. The zero-order chi connectivity index (χ0) is 14.9. The maximum atomic E-state index is 12.9. The van der Waals surface area contributed by atoms with Gasteiger partial charge in [0.25, 0.3) is 0 Å². The largest absolute Gasteiger partial charge is 0.416 e. The van der Waals surface area contributed by atoms with Crippen LogP contribution in [-0.2, 0) is 19.8 Å². The van der Waals surface area contributed by atoms with E-state index in [0.29, 0.717) is 4.90 Å². The van der Waals surface area contributed by atoms with Gasteiger partial charge in [-0.25, -0.2) is 9.89 Å². The Morgan fingerprint density at radius 1 is 1.45 bits per heavy atom. The molecule has 0 aliphatic rings. The lowest BCUT2D eigenvalue weighted by Gasteiger charge is -2.13. The highest BCUT2D eigenvalue weighted by atomic mass is 32.2. The van der Waals surface area contributed by atoms with E-state index in [2.05, 4.69) is 10.2 Å². The molecule has 1 heterocycles. The Hall–Kier alpha value is -1.74. The van der Waals surface area contributed by atoms with Crippen LogP contribution in [0.15, 0.2) is 33.0 Å². The number of halogens is 3. The zero-order valence-corrected chi connectivity index (χ0v) is 11.2. The van der Waals surface area contributed by atoms with Crippen molar-refractivity contribution in [2.45, 2.75) is 22.8 Å². The molecule has 0 saturated heterocycles. The van der Waals surface area contributed by atoms with Gasteiger partial charge in [-0.05, 0) is 29.5 Å². The fourth-order valence-corrected chi connectivity index (χ4v) is 2.42. The molecule has 9 heteroatoms. The Bertz CT molecular complexity index is 677. The number of H-pyrrole nitrogens is 1. The lowest BCUT2D eigenvalue weighted by Crippen LogP contribution is -2.13. The smallest absolute Gasteiger partial charge is 0.326 e. The highest BCUT2D eigenvalue weighted by Crippen LogP contribution is 2.35. The summed E-state index contributed by atoms with van der Waals surface area (Å²) >= 11 is 0.964. The Morgan fingerprint density at radius 2 is 2.15 bits per heavy atom. The number of aromatic nitrogens is 3. The van der Waals surface area contributed by atoms with Gasteiger partial charge in [0, 0.05) is 18.5 Å². The van der Waals surface area contributed by atoms with Crippen LogP contribution in [0, 0.1) is 0 Å². The summed E-state index contributed by atoms with van der Waals surface area (Å²) in [6, 6.07) is 3.85. The molecule has 3 N–H and O–H groups in total. The van der Waals surface area contributed by atoms with Gasteiger partial charge in [0.15, 0.2) is 5.16 Å². The predicted octanol–water partition coefficient (Wildman–Crippen LogP) is 1.74. The van der Waals surface area contributed by atoms with Crippen molar-refractivity contribution in [2.75, 3.05) is 0 Å². The minimum atomic E-state index is -4.47. The molecule has 0 saturated carbocycles. The van der Waals surface area contributed by atoms with Crippen molar-refractivity contribution in [1.29, 1.82) is 0 Å². The number of rotatable bonds is 3. The van der Waals surface area contributed by atoms with Gasteiger partial charge in [-0.1, -0.05) is 6.07 Å². The third-order valence-electron chi connectivity index (χ3n) is 2.65. The number of alkyl halides is 3. The van der Waals surface area contributed by atoms with Gasteiger partial charge in [-0.2, -0.15) is 13.2 Å². The van der Waals surface area contributed by atoms with E-state index in [9.17, 15) is 18.0 Å². The normalized spacial score (nSPS) is 11.8. The summed E-state index contributed by atoms with van der Waals surface area (Å²) in [6.07, 6.45) is -4.47. The van der Waals surface area contributed by atoms with Crippen LogP contribution >= 0.6 is 11.8 Å². The number of nitrogens with one attached hydrogen (secondary N) is 1. The first kappa shape index (κ1) is 14.7. The maximum absolute atomic E-state index is 12.9. The van der Waals surface area contributed by atoms with Crippen LogP contribution in [0.2, 0.25) is 0 Å². The Balaban J connectivity index is 2.39. The predicted molar refractivity (Wildman–Crippen MR) is 67.3 cm³/mol. The molecule has 0 aliphatic heterocycles. The molecule has 2 rings (SSSR count). The standard InChI is InChI=1S/C11H11F3N4OS/c1-18-9(19)16-17-10(18)20-7-3-2-6(5-15)8(4-7)11(12,13)14/h2-4H,5,15H2,1H3,(H,16,19). The fourth-order valence-electron chi connectivity index (χ4n) is 1.59. The number of benzene rings is 1. The summed E-state index contributed by atoms with van der Waals surface area (Å²) in [5, 5.41) is 6.23. The quantitative estimate of drug-likeness (QED) is 0.905. The second kappa shape index (κ2) is 5.33. The summed E-state index contributed by atoms with van der Waals surface area (Å²) in [5.41, 5.74) is 4.13. The molecule has 0 amide bonds. The molecule has 0 unspecified atom stereocenters. The lowest BCUT2D eigenvalue weighted by molar-refractivity contribution is -0.138. The van der Waals surface area contributed by atoms with Crippen molar-refractivity contribution in [3.8, 4) is 0 Å². The van der Waals surface area contributed by atoms with Crippen molar-refractivity contribution < 1.29 is 13.2 Å². The van der Waals surface area contributed by atoms with E-state index in [1.807, 2.05) is 0 Å². The monoisotopic (exact) mass is 304 g/mol. The summed E-state index contributed by atoms with van der Waals surface area (Å²) in [4.78, 5) is 11.5. The lowest BCUT2D eigenvalue weighted by atomic mass is 10.1. The molecule has 0 spiro atoms. The van der Waals surface area contributed by atoms with Gasteiger partial charge in [0.2, 0.25) is 0 Å². The first-order valence-corrected chi connectivity index (χ1v) is 6.34. The number of hydrogen-bond donors (Lipinski definition) is 2. The van der Waals surface area contributed by atoms with Gasteiger partial charge < -0.3 is 5.73 Å². The average Bonchev–Trinajstić information content (AvgIpc) is 2.70. The van der Waals surface area contributed by atoms with Gasteiger partial charge >= 0.3 is 11.9 Å². The van der Waals surface area contributed by atoms with Crippen molar-refractivity contribution in [2.24, 2.45) is 12.8 Å². The summed E-state index contributed by atoms with van der Waals surface area (Å²) < 4.78 is 39.9. The van der Waals surface area contributed by atoms with Crippen molar-refractivity contribution in [3.05, 3.63) is 39.8 Å². The van der Waals surface area contributed by atoms with Crippen LogP contribution in [-0.4, -0.2) is 14.8 Å². The highest BCUT2D eigenvalue weighted by molar-refractivity contribution is 7.99. The third-order valence-corrected chi connectivity index (χ3v) is 3.69. The number of aromatic amines is 1. The highest BCUT2D eigenvalue weighted by Gasteiger charge is 2.33. The van der Waals surface area contributed by atoms with Gasteiger partial charge in [-0.3, -0.25) is 4.57 Å². The molecule has 2 aromatic rings. The van der Waals surface area contributed by atoms with Crippen LogP contribution in [0.1, 0.15) is 11.1 Å². The number of nitrogens with zero attached hydrogens (tertiary/aromatic N) is 2. The molecule has 5 nitrogen and oxygen atoms in total. The van der Waals surface area contributed by atoms with Crippen molar-refractivity contribution in [3.63, 3.8) is 0 Å². The van der Waals surface area contributed by atoms with Crippen LogP contribution in [0.5, 0.6) is 0 Å². The molecular weight excluding hydrogens is 293 g/mol. The minimum Gasteiger partial charge on any atom is -0.326 e. The second-order valence-corrected chi connectivity index (χ2v) is 5.03. The fraction of sp³-hybridized carbons (Fsp3) is 0.273. The molecule has 0 bridgehead atoms. The topological polar surface area (TPSA) is 76.7 Å². The van der Waals surface area contributed by atoms with Crippen LogP contribution in [0.4, 0.5) is 13.2 Å². The van der Waals surface area contributed by atoms with Crippen LogP contribution < -0.4 is 11.4 Å². The van der Waals surface area contributed by atoms with E-state index in [1.165, 1.54) is 23.7 Å². The molecule has 0 aliphatic carbocycles. The first-order valence-electron chi connectivity index (χ1n) is 5.52. The number of nitrogens with two attached hydrogens (primary N) is 1. The maximum Gasteiger partial charge on any atom is 0.416 e. The molecule has 1 aromatic heterocycles. The molecule has 108 valence electrons. The first-order chi connectivity index (χ1) is 9.32. The van der Waals surface area contributed by atoms with E-state index in [1.54, 1.807) is 0 Å². The molecule has 0 atom stereocenters. The average molecular weight is 304 g/mol. The summed E-state index contributed by atoms with van der Waals surface area (Å²) in [5.74, 6) is 0. The van der Waals surface area contributed by atoms with E-state index in [0.717, 1.165) is 17.8 Å². The SMILES string of the molecule is Cn1c(Sc2ccc(CN)c(C(F)(F)F)c2)n[nH]c1=O. The van der Waals surface area contributed by atoms with Gasteiger partial charge in [-0.15, -0.1) is 5.10 Å². The van der Waals surface area contributed by atoms with E-state index >= 15 is 0 Å². The summed E-state index contributed by atoms with van der Waals surface area (Å²) in [6.45, 7) is -0.194. The van der Waals surface area contributed by atoms with Gasteiger partial charge in [0.1, 0.15) is 0 Å². The minimum absolute atomic E-state index is 0.0257. The van der Waals surface area contributed by atoms with E-state index in [4.69, 9.17) is 5.73 Å². The Morgan fingerprint density at radius 3 is 2.65 bits per heavy atom. The zero-order valence-electron chi connectivity index (χ0n) is 10.4. The molecule has 1 aromatic carbocycles. The van der Waals surface area contributed by atoms with Crippen molar-refractivity contribution >= 4 is 11.8 Å². The summed E-state index contributed by atoms with van der Waals surface area (Å²) in [7, 11) is 1.48. The molecule has 20 heavy (non-hydrogen) atoms.